The van der Waals surface area contributed by atoms with Crippen LogP contribution in [0.25, 0.3) is 0 Å². The lowest BCUT2D eigenvalue weighted by Crippen LogP contribution is -2.48. The van der Waals surface area contributed by atoms with Crippen molar-refractivity contribution in [2.45, 2.75) is 44.6 Å². The van der Waals surface area contributed by atoms with Gasteiger partial charge in [-0.05, 0) is 68.0 Å². The SMILES string of the molecule is COc1ccc(CCNC(=O)[C@@H](Cc2ccccc2)NS(=O)(=O)c2c(C)cc(C)cc2C)cc1. The molecule has 0 aliphatic heterocycles. The summed E-state index contributed by atoms with van der Waals surface area (Å²) in [6.45, 7) is 5.87. The number of nitrogens with one attached hydrogen (secondary N) is 2. The summed E-state index contributed by atoms with van der Waals surface area (Å²) in [7, 11) is -2.30. The van der Waals surface area contributed by atoms with Crippen molar-refractivity contribution in [1.29, 1.82) is 0 Å². The molecular weight excluding hydrogens is 448 g/mol. The Balaban J connectivity index is 1.77. The molecule has 3 aromatic carbocycles. The van der Waals surface area contributed by atoms with Gasteiger partial charge in [0.05, 0.1) is 12.0 Å². The average Bonchev–Trinajstić information content (AvgIpc) is 2.78. The van der Waals surface area contributed by atoms with Crippen LogP contribution in [0.1, 0.15) is 27.8 Å². The van der Waals surface area contributed by atoms with Crippen molar-refractivity contribution in [2.24, 2.45) is 0 Å². The Morgan fingerprint density at radius 1 is 0.912 bits per heavy atom. The third-order valence-electron chi connectivity index (χ3n) is 5.64. The molecule has 34 heavy (non-hydrogen) atoms. The molecule has 3 aromatic rings. The number of carbonyl (C=O) groups excluding carboxylic acids is 1. The molecule has 1 amide bonds. The van der Waals surface area contributed by atoms with Crippen LogP contribution in [0.15, 0.2) is 71.6 Å². The van der Waals surface area contributed by atoms with Gasteiger partial charge < -0.3 is 10.1 Å². The highest BCUT2D eigenvalue weighted by atomic mass is 32.2. The van der Waals surface area contributed by atoms with Crippen LogP contribution in [-0.4, -0.2) is 34.0 Å². The minimum absolute atomic E-state index is 0.224. The fourth-order valence-electron chi connectivity index (χ4n) is 4.12. The number of hydrogen-bond donors (Lipinski definition) is 2. The molecule has 3 rings (SSSR count). The standard InChI is InChI=1S/C27H32N2O4S/c1-19-16-20(2)26(21(3)17-19)34(31,32)29-25(18-23-8-6-5-7-9-23)27(30)28-15-14-22-10-12-24(33-4)13-11-22/h5-13,16-17,25,29H,14-15,18H2,1-4H3,(H,28,30)/t25-/m1/s1. The summed E-state index contributed by atoms with van der Waals surface area (Å²) in [4.78, 5) is 13.3. The molecule has 6 nitrogen and oxygen atoms in total. The summed E-state index contributed by atoms with van der Waals surface area (Å²) >= 11 is 0. The third-order valence-corrected chi connectivity index (χ3v) is 7.42. The number of carbonyl (C=O) groups is 1. The highest BCUT2D eigenvalue weighted by Crippen LogP contribution is 2.22. The second-order valence-corrected chi connectivity index (χ2v) is 10.1. The third kappa shape index (κ3) is 6.68. The second kappa shape index (κ2) is 11.3. The fourth-order valence-corrected chi connectivity index (χ4v) is 5.77. The molecule has 0 saturated heterocycles. The molecule has 0 heterocycles. The van der Waals surface area contributed by atoms with Crippen molar-refractivity contribution in [2.75, 3.05) is 13.7 Å². The summed E-state index contributed by atoms with van der Waals surface area (Å²) in [5.74, 6) is 0.412. The highest BCUT2D eigenvalue weighted by molar-refractivity contribution is 7.89. The normalized spacial score (nSPS) is 12.2. The lowest BCUT2D eigenvalue weighted by molar-refractivity contribution is -0.122. The largest absolute Gasteiger partial charge is 0.497 e. The van der Waals surface area contributed by atoms with Crippen LogP contribution >= 0.6 is 0 Å². The maximum absolute atomic E-state index is 13.3. The Bertz CT molecular complexity index is 1200. The first kappa shape index (κ1) is 25.5. The quantitative estimate of drug-likeness (QED) is 0.461. The molecule has 0 aliphatic rings. The van der Waals surface area contributed by atoms with Crippen LogP contribution < -0.4 is 14.8 Å². The van der Waals surface area contributed by atoms with E-state index in [1.165, 1.54) is 0 Å². The van der Waals surface area contributed by atoms with Crippen LogP contribution in [-0.2, 0) is 27.7 Å². The molecule has 0 unspecified atom stereocenters. The number of ether oxygens (including phenoxy) is 1. The van der Waals surface area contributed by atoms with Gasteiger partial charge in [-0.2, -0.15) is 4.72 Å². The Morgan fingerprint density at radius 3 is 2.12 bits per heavy atom. The minimum Gasteiger partial charge on any atom is -0.497 e. The molecule has 0 aromatic heterocycles. The molecule has 0 fully saturated rings. The lowest BCUT2D eigenvalue weighted by Gasteiger charge is -2.20. The Labute approximate surface area is 202 Å². The molecule has 2 N–H and O–H groups in total. The van der Waals surface area contributed by atoms with Crippen LogP contribution in [0.3, 0.4) is 0 Å². The zero-order valence-corrected chi connectivity index (χ0v) is 20.9. The summed E-state index contributed by atoms with van der Waals surface area (Å²) in [6.07, 6.45) is 0.870. The van der Waals surface area contributed by atoms with E-state index in [1.54, 1.807) is 21.0 Å². The van der Waals surface area contributed by atoms with Gasteiger partial charge >= 0.3 is 0 Å². The van der Waals surface area contributed by atoms with Gasteiger partial charge in [0.2, 0.25) is 15.9 Å². The first-order valence-electron chi connectivity index (χ1n) is 11.2. The Hall–Kier alpha value is -3.16. The van der Waals surface area contributed by atoms with Crippen molar-refractivity contribution in [1.82, 2.24) is 10.0 Å². The van der Waals surface area contributed by atoms with Gasteiger partial charge in [0.25, 0.3) is 0 Å². The van der Waals surface area contributed by atoms with Crippen LogP contribution in [0.5, 0.6) is 5.75 Å². The van der Waals surface area contributed by atoms with Crippen LogP contribution in [0.4, 0.5) is 0 Å². The predicted octanol–water partition coefficient (Wildman–Crippen LogP) is 3.87. The predicted molar refractivity (Wildman–Crippen MR) is 135 cm³/mol. The van der Waals surface area contributed by atoms with Gasteiger partial charge in [-0.1, -0.05) is 60.2 Å². The van der Waals surface area contributed by atoms with Crippen molar-refractivity contribution in [3.63, 3.8) is 0 Å². The maximum atomic E-state index is 13.3. The molecule has 7 heteroatoms. The number of sulfonamides is 1. The molecule has 0 spiro atoms. The Kier molecular flexibility index (Phi) is 8.47. The molecule has 0 bridgehead atoms. The van der Waals surface area contributed by atoms with Gasteiger partial charge in [-0.15, -0.1) is 0 Å². The molecule has 0 aliphatic carbocycles. The monoisotopic (exact) mass is 480 g/mol. The molecule has 1 atom stereocenters. The first-order chi connectivity index (χ1) is 16.2. The molecule has 0 radical (unpaired) electrons. The summed E-state index contributed by atoms with van der Waals surface area (Å²) in [5, 5.41) is 2.90. The molecule has 0 saturated carbocycles. The van der Waals surface area contributed by atoms with Gasteiger partial charge in [0.15, 0.2) is 0 Å². The number of rotatable bonds is 10. The summed E-state index contributed by atoms with van der Waals surface area (Å²) in [6, 6.07) is 19.8. The van der Waals surface area contributed by atoms with E-state index in [9.17, 15) is 13.2 Å². The smallest absolute Gasteiger partial charge is 0.241 e. The number of hydrogen-bond acceptors (Lipinski definition) is 4. The summed E-state index contributed by atoms with van der Waals surface area (Å²) in [5.41, 5.74) is 4.22. The average molecular weight is 481 g/mol. The van der Waals surface area contributed by atoms with Crippen LogP contribution in [0.2, 0.25) is 0 Å². The Morgan fingerprint density at radius 2 is 1.53 bits per heavy atom. The van der Waals surface area contributed by atoms with E-state index in [4.69, 9.17) is 4.74 Å². The first-order valence-corrected chi connectivity index (χ1v) is 12.7. The zero-order chi connectivity index (χ0) is 24.7. The van der Waals surface area contributed by atoms with E-state index in [0.29, 0.717) is 24.1 Å². The molecule has 180 valence electrons. The number of benzene rings is 3. The van der Waals surface area contributed by atoms with E-state index in [-0.39, 0.29) is 17.2 Å². The lowest BCUT2D eigenvalue weighted by atomic mass is 10.1. The summed E-state index contributed by atoms with van der Waals surface area (Å²) < 4.78 is 34.5. The fraction of sp³-hybridized carbons (Fsp3) is 0.296. The number of methoxy groups -OCH3 is 1. The zero-order valence-electron chi connectivity index (χ0n) is 20.1. The highest BCUT2D eigenvalue weighted by Gasteiger charge is 2.28. The van der Waals surface area contributed by atoms with Crippen molar-refractivity contribution in [3.05, 3.63) is 94.5 Å². The van der Waals surface area contributed by atoms with Gasteiger partial charge in [-0.25, -0.2) is 8.42 Å². The van der Waals surface area contributed by atoms with Crippen molar-refractivity contribution >= 4 is 15.9 Å². The number of amides is 1. The van der Waals surface area contributed by atoms with E-state index in [0.717, 1.165) is 22.4 Å². The van der Waals surface area contributed by atoms with Crippen molar-refractivity contribution in [3.8, 4) is 5.75 Å². The van der Waals surface area contributed by atoms with E-state index >= 15 is 0 Å². The molecular formula is C27H32N2O4S. The minimum atomic E-state index is -3.91. The van der Waals surface area contributed by atoms with E-state index < -0.39 is 16.1 Å². The second-order valence-electron chi connectivity index (χ2n) is 8.48. The number of aryl methyl sites for hydroxylation is 3. The van der Waals surface area contributed by atoms with Crippen LogP contribution in [0, 0.1) is 20.8 Å². The van der Waals surface area contributed by atoms with Gasteiger partial charge in [0.1, 0.15) is 11.8 Å². The topological polar surface area (TPSA) is 84.5 Å². The van der Waals surface area contributed by atoms with E-state index in [1.807, 2.05) is 73.7 Å². The van der Waals surface area contributed by atoms with Gasteiger partial charge in [-0.3, -0.25) is 4.79 Å². The van der Waals surface area contributed by atoms with Crippen molar-refractivity contribution < 1.29 is 17.9 Å². The van der Waals surface area contributed by atoms with Gasteiger partial charge in [0, 0.05) is 6.54 Å². The van der Waals surface area contributed by atoms with E-state index in [2.05, 4.69) is 10.0 Å². The maximum Gasteiger partial charge on any atom is 0.241 e.